The minimum atomic E-state index is -0.713. The number of carbonyl (C=O) groups is 4. The number of fused-ring (bicyclic) bond motifs is 1. The second kappa shape index (κ2) is 9.09. The molecular formula is C23H23N3O6. The van der Waals surface area contributed by atoms with E-state index in [2.05, 4.69) is 10.6 Å². The molecule has 2 aromatic carbocycles. The lowest BCUT2D eigenvalue weighted by Gasteiger charge is -2.29. The number of para-hydroxylation sites is 2. The summed E-state index contributed by atoms with van der Waals surface area (Å²) in [6.45, 7) is 2.27. The smallest absolute Gasteiger partial charge is 0.262 e. The number of hydrogen-bond acceptors (Lipinski definition) is 6. The molecule has 166 valence electrons. The number of ether oxygens (including phenoxy) is 2. The summed E-state index contributed by atoms with van der Waals surface area (Å²) < 4.78 is 11.1. The van der Waals surface area contributed by atoms with Crippen LogP contribution in [0.4, 0.5) is 5.69 Å². The summed E-state index contributed by atoms with van der Waals surface area (Å²) in [6, 6.07) is 11.4. The first-order valence-corrected chi connectivity index (χ1v) is 10.4. The van der Waals surface area contributed by atoms with Crippen LogP contribution < -0.4 is 20.1 Å². The minimum Gasteiger partial charge on any atom is -0.490 e. The fourth-order valence-corrected chi connectivity index (χ4v) is 3.88. The summed E-state index contributed by atoms with van der Waals surface area (Å²) in [6.07, 6.45) is 0.458. The molecule has 2 aliphatic heterocycles. The molecule has 9 nitrogen and oxygen atoms in total. The van der Waals surface area contributed by atoms with E-state index in [1.807, 2.05) is 13.0 Å². The van der Waals surface area contributed by atoms with Crippen LogP contribution in [0.5, 0.6) is 11.5 Å². The zero-order valence-electron chi connectivity index (χ0n) is 17.6. The van der Waals surface area contributed by atoms with Crippen molar-refractivity contribution in [2.45, 2.75) is 32.4 Å². The van der Waals surface area contributed by atoms with E-state index in [1.54, 1.807) is 36.4 Å². The number of hydrogen-bond donors (Lipinski definition) is 2. The molecule has 1 unspecified atom stereocenters. The molecule has 2 aromatic rings. The van der Waals surface area contributed by atoms with Crippen LogP contribution in [0, 0.1) is 0 Å². The van der Waals surface area contributed by atoms with Gasteiger partial charge < -0.3 is 19.7 Å². The predicted octanol–water partition coefficient (Wildman–Crippen LogP) is 1.86. The Bertz CT molecular complexity index is 1080. The maximum Gasteiger partial charge on any atom is 0.262 e. The van der Waals surface area contributed by atoms with Crippen LogP contribution in [0.15, 0.2) is 42.5 Å². The summed E-state index contributed by atoms with van der Waals surface area (Å²) in [7, 11) is 0. The molecule has 2 N–H and O–H groups in total. The molecule has 4 rings (SSSR count). The first kappa shape index (κ1) is 21.4. The minimum absolute atomic E-state index is 0.172. The van der Waals surface area contributed by atoms with Crippen molar-refractivity contribution < 1.29 is 28.7 Å². The normalized spacial score (nSPS) is 17.6. The van der Waals surface area contributed by atoms with Gasteiger partial charge in [-0.05, 0) is 37.6 Å². The van der Waals surface area contributed by atoms with Crippen LogP contribution in [-0.4, -0.2) is 47.8 Å². The molecule has 2 aliphatic rings. The van der Waals surface area contributed by atoms with Gasteiger partial charge in [-0.2, -0.15) is 0 Å². The van der Waals surface area contributed by atoms with Crippen LogP contribution in [-0.2, 0) is 20.9 Å². The van der Waals surface area contributed by atoms with Crippen molar-refractivity contribution in [3.63, 3.8) is 0 Å². The number of benzene rings is 2. The molecule has 0 saturated carbocycles. The van der Waals surface area contributed by atoms with E-state index < -0.39 is 17.9 Å². The highest BCUT2D eigenvalue weighted by Gasteiger charge is 2.39. The topological polar surface area (TPSA) is 114 Å². The summed E-state index contributed by atoms with van der Waals surface area (Å²) in [5.41, 5.74) is 1.54. The number of imide groups is 1. The molecular weight excluding hydrogens is 414 g/mol. The molecule has 0 aliphatic carbocycles. The predicted molar refractivity (Wildman–Crippen MR) is 114 cm³/mol. The van der Waals surface area contributed by atoms with Crippen LogP contribution in [0.3, 0.4) is 0 Å². The quantitative estimate of drug-likeness (QED) is 0.639. The standard InChI is InChI=1S/C23H23N3O6/c1-2-31-18-8-3-4-9-19(18)32-13-21(28)24-16-7-5-6-14-15(16)12-26(23(14)30)17-10-11-20(27)25-22(17)29/h3-9,17H,2,10-13H2,1H3,(H,24,28)(H,25,27,29). The van der Waals surface area contributed by atoms with Gasteiger partial charge in [-0.25, -0.2) is 0 Å². The van der Waals surface area contributed by atoms with Gasteiger partial charge in [0, 0.05) is 29.8 Å². The number of nitrogens with zero attached hydrogens (tertiary/aromatic N) is 1. The van der Waals surface area contributed by atoms with Crippen LogP contribution in [0.25, 0.3) is 0 Å². The molecule has 2 heterocycles. The van der Waals surface area contributed by atoms with Gasteiger partial charge in [-0.3, -0.25) is 24.5 Å². The summed E-state index contributed by atoms with van der Waals surface area (Å²) in [5, 5.41) is 5.07. The van der Waals surface area contributed by atoms with Crippen molar-refractivity contribution in [1.29, 1.82) is 0 Å². The summed E-state index contributed by atoms with van der Waals surface area (Å²) in [4.78, 5) is 50.5. The summed E-state index contributed by atoms with van der Waals surface area (Å²) in [5.74, 6) is -0.497. The molecule has 4 amide bonds. The van der Waals surface area contributed by atoms with Gasteiger partial charge in [-0.15, -0.1) is 0 Å². The number of nitrogens with one attached hydrogen (secondary N) is 2. The Hall–Kier alpha value is -3.88. The average Bonchev–Trinajstić information content (AvgIpc) is 3.11. The molecule has 0 radical (unpaired) electrons. The first-order valence-electron chi connectivity index (χ1n) is 10.4. The van der Waals surface area contributed by atoms with E-state index >= 15 is 0 Å². The van der Waals surface area contributed by atoms with E-state index in [0.717, 1.165) is 0 Å². The maximum atomic E-state index is 12.9. The molecule has 0 bridgehead atoms. The van der Waals surface area contributed by atoms with Crippen LogP contribution >= 0.6 is 0 Å². The Morgan fingerprint density at radius 3 is 2.56 bits per heavy atom. The van der Waals surface area contributed by atoms with E-state index in [0.29, 0.717) is 34.9 Å². The van der Waals surface area contributed by atoms with Gasteiger partial charge in [0.1, 0.15) is 6.04 Å². The zero-order chi connectivity index (χ0) is 22.7. The van der Waals surface area contributed by atoms with Gasteiger partial charge in [-0.1, -0.05) is 18.2 Å². The SMILES string of the molecule is CCOc1ccccc1OCC(=O)Nc1cccc2c1CN(C1CCC(=O)NC1=O)C2=O. The van der Waals surface area contributed by atoms with Gasteiger partial charge >= 0.3 is 0 Å². The zero-order valence-corrected chi connectivity index (χ0v) is 17.6. The van der Waals surface area contributed by atoms with E-state index in [-0.39, 0.29) is 37.8 Å². The van der Waals surface area contributed by atoms with Crippen molar-refractivity contribution in [1.82, 2.24) is 10.2 Å². The highest BCUT2D eigenvalue weighted by Crippen LogP contribution is 2.32. The number of carbonyl (C=O) groups excluding carboxylic acids is 4. The summed E-state index contributed by atoms with van der Waals surface area (Å²) >= 11 is 0. The second-order valence-corrected chi connectivity index (χ2v) is 7.45. The maximum absolute atomic E-state index is 12.9. The van der Waals surface area contributed by atoms with E-state index in [1.165, 1.54) is 4.90 Å². The molecule has 1 fully saturated rings. The Balaban J connectivity index is 1.44. The van der Waals surface area contributed by atoms with Crippen molar-refractivity contribution in [3.8, 4) is 11.5 Å². The Morgan fingerprint density at radius 1 is 1.09 bits per heavy atom. The van der Waals surface area contributed by atoms with E-state index in [9.17, 15) is 19.2 Å². The number of rotatable bonds is 7. The lowest BCUT2D eigenvalue weighted by Crippen LogP contribution is -2.52. The fourth-order valence-electron chi connectivity index (χ4n) is 3.88. The van der Waals surface area contributed by atoms with Gasteiger partial charge in [0.05, 0.1) is 6.61 Å². The van der Waals surface area contributed by atoms with Crippen molar-refractivity contribution in [3.05, 3.63) is 53.6 Å². The van der Waals surface area contributed by atoms with Gasteiger partial charge in [0.15, 0.2) is 18.1 Å². The molecule has 0 aromatic heterocycles. The van der Waals surface area contributed by atoms with Crippen molar-refractivity contribution >= 4 is 29.3 Å². The molecule has 1 atom stereocenters. The van der Waals surface area contributed by atoms with Crippen molar-refractivity contribution in [2.75, 3.05) is 18.5 Å². The third-order valence-corrected chi connectivity index (χ3v) is 5.36. The lowest BCUT2D eigenvalue weighted by molar-refractivity contribution is -0.137. The highest BCUT2D eigenvalue weighted by atomic mass is 16.5. The molecule has 0 spiro atoms. The number of piperidine rings is 1. The average molecular weight is 437 g/mol. The second-order valence-electron chi connectivity index (χ2n) is 7.45. The fraction of sp³-hybridized carbons (Fsp3) is 0.304. The molecule has 32 heavy (non-hydrogen) atoms. The number of anilines is 1. The third-order valence-electron chi connectivity index (χ3n) is 5.36. The largest absolute Gasteiger partial charge is 0.490 e. The Labute approximate surface area is 184 Å². The monoisotopic (exact) mass is 437 g/mol. The van der Waals surface area contributed by atoms with Gasteiger partial charge in [0.2, 0.25) is 11.8 Å². The highest BCUT2D eigenvalue weighted by molar-refractivity contribution is 6.06. The van der Waals surface area contributed by atoms with Gasteiger partial charge in [0.25, 0.3) is 11.8 Å². The lowest BCUT2D eigenvalue weighted by atomic mass is 10.0. The van der Waals surface area contributed by atoms with Crippen LogP contribution in [0.1, 0.15) is 35.7 Å². The molecule has 1 saturated heterocycles. The molecule has 9 heteroatoms. The Morgan fingerprint density at radius 2 is 1.84 bits per heavy atom. The number of amides is 4. The first-order chi connectivity index (χ1) is 15.5. The van der Waals surface area contributed by atoms with Crippen molar-refractivity contribution in [2.24, 2.45) is 0 Å². The third kappa shape index (κ3) is 4.27. The van der Waals surface area contributed by atoms with Crippen LogP contribution in [0.2, 0.25) is 0 Å². The Kier molecular flexibility index (Phi) is 6.07. The van der Waals surface area contributed by atoms with E-state index in [4.69, 9.17) is 9.47 Å².